The summed E-state index contributed by atoms with van der Waals surface area (Å²) in [6.07, 6.45) is 2.59. The Morgan fingerprint density at radius 1 is 1.20 bits per heavy atom. The molecular formula is C14H26F3N3. The number of hydrogen-bond acceptors (Lipinski definition) is 1. The zero-order valence-corrected chi connectivity index (χ0v) is 12.2. The van der Waals surface area contributed by atoms with Crippen LogP contribution in [0.1, 0.15) is 51.9 Å². The largest absolute Gasteiger partial charge is 0.390 e. The third kappa shape index (κ3) is 8.27. The maximum Gasteiger partial charge on any atom is 0.390 e. The van der Waals surface area contributed by atoms with E-state index in [0.29, 0.717) is 19.0 Å². The van der Waals surface area contributed by atoms with E-state index in [4.69, 9.17) is 0 Å². The lowest BCUT2D eigenvalue weighted by atomic mass is 10.0. The first-order valence-electron chi connectivity index (χ1n) is 7.60. The molecule has 1 fully saturated rings. The Kier molecular flexibility index (Phi) is 7.77. The van der Waals surface area contributed by atoms with Crippen molar-refractivity contribution in [3.05, 3.63) is 0 Å². The van der Waals surface area contributed by atoms with Crippen LogP contribution in [0.25, 0.3) is 0 Å². The molecule has 0 aromatic carbocycles. The van der Waals surface area contributed by atoms with Crippen LogP contribution >= 0.6 is 0 Å². The van der Waals surface area contributed by atoms with Crippen molar-refractivity contribution in [1.82, 2.24) is 10.6 Å². The van der Waals surface area contributed by atoms with E-state index in [0.717, 1.165) is 12.3 Å². The van der Waals surface area contributed by atoms with Crippen LogP contribution in [0.5, 0.6) is 0 Å². The number of guanidine groups is 1. The summed E-state index contributed by atoms with van der Waals surface area (Å²) >= 11 is 0. The second kappa shape index (κ2) is 9.08. The number of nitrogens with zero attached hydrogens (tertiary/aromatic N) is 1. The molecule has 6 heteroatoms. The molecule has 2 N–H and O–H groups in total. The minimum Gasteiger partial charge on any atom is -0.357 e. The fraction of sp³-hybridized carbons (Fsp3) is 0.929. The van der Waals surface area contributed by atoms with Gasteiger partial charge in [-0.2, -0.15) is 13.2 Å². The number of alkyl halides is 3. The van der Waals surface area contributed by atoms with Crippen LogP contribution in [0.15, 0.2) is 4.99 Å². The molecule has 0 atom stereocenters. The predicted molar refractivity (Wildman–Crippen MR) is 75.8 cm³/mol. The van der Waals surface area contributed by atoms with Crippen LogP contribution in [0.2, 0.25) is 0 Å². The first-order valence-corrected chi connectivity index (χ1v) is 7.60. The summed E-state index contributed by atoms with van der Waals surface area (Å²) < 4.78 is 36.2. The summed E-state index contributed by atoms with van der Waals surface area (Å²) in [4.78, 5) is 4.32. The van der Waals surface area contributed by atoms with Gasteiger partial charge in [0, 0.05) is 19.6 Å². The lowest BCUT2D eigenvalue weighted by Gasteiger charge is -2.13. The molecule has 0 aromatic heterocycles. The summed E-state index contributed by atoms with van der Waals surface area (Å²) in [5.74, 6) is 1.33. The van der Waals surface area contributed by atoms with Crippen LogP contribution in [0.4, 0.5) is 13.2 Å². The van der Waals surface area contributed by atoms with Crippen LogP contribution in [-0.2, 0) is 0 Å². The van der Waals surface area contributed by atoms with Gasteiger partial charge in [-0.15, -0.1) is 0 Å². The summed E-state index contributed by atoms with van der Waals surface area (Å²) in [6, 6.07) is 0. The van der Waals surface area contributed by atoms with Gasteiger partial charge in [0.2, 0.25) is 0 Å². The molecule has 0 amide bonds. The highest BCUT2D eigenvalue weighted by Crippen LogP contribution is 2.28. The van der Waals surface area contributed by atoms with Crippen molar-refractivity contribution in [1.29, 1.82) is 0 Å². The highest BCUT2D eigenvalue weighted by Gasteiger charge is 2.26. The van der Waals surface area contributed by atoms with E-state index in [1.807, 2.05) is 6.92 Å². The van der Waals surface area contributed by atoms with Gasteiger partial charge in [0.1, 0.15) is 0 Å². The fourth-order valence-corrected chi connectivity index (χ4v) is 2.53. The van der Waals surface area contributed by atoms with Gasteiger partial charge in [-0.25, -0.2) is 0 Å². The maximum absolute atomic E-state index is 12.1. The van der Waals surface area contributed by atoms with Gasteiger partial charge < -0.3 is 10.6 Å². The van der Waals surface area contributed by atoms with Crippen LogP contribution in [0, 0.1) is 5.92 Å². The van der Waals surface area contributed by atoms with Crippen molar-refractivity contribution in [3.8, 4) is 0 Å². The SMILES string of the molecule is CCNC(=NCCCC1CCCC1)NCCC(F)(F)F. The molecule has 3 nitrogen and oxygen atoms in total. The van der Waals surface area contributed by atoms with Crippen molar-refractivity contribution in [2.24, 2.45) is 10.9 Å². The van der Waals surface area contributed by atoms with Gasteiger partial charge in [-0.1, -0.05) is 25.7 Å². The van der Waals surface area contributed by atoms with Gasteiger partial charge in [-0.05, 0) is 25.7 Å². The van der Waals surface area contributed by atoms with E-state index in [9.17, 15) is 13.2 Å². The highest BCUT2D eigenvalue weighted by molar-refractivity contribution is 5.79. The van der Waals surface area contributed by atoms with Gasteiger partial charge >= 0.3 is 6.18 Å². The Morgan fingerprint density at radius 2 is 1.90 bits per heavy atom. The smallest absolute Gasteiger partial charge is 0.357 e. The number of nitrogens with one attached hydrogen (secondary N) is 2. The summed E-state index contributed by atoms with van der Waals surface area (Å²) in [5.41, 5.74) is 0. The molecule has 1 aliphatic rings. The third-order valence-corrected chi connectivity index (χ3v) is 3.56. The van der Waals surface area contributed by atoms with Gasteiger partial charge in [-0.3, -0.25) is 4.99 Å². The van der Waals surface area contributed by atoms with Crippen molar-refractivity contribution < 1.29 is 13.2 Å². The van der Waals surface area contributed by atoms with E-state index in [1.54, 1.807) is 0 Å². The molecule has 0 bridgehead atoms. The zero-order valence-electron chi connectivity index (χ0n) is 12.2. The van der Waals surface area contributed by atoms with Gasteiger partial charge in [0.05, 0.1) is 6.42 Å². The number of hydrogen-bond donors (Lipinski definition) is 2. The first kappa shape index (κ1) is 17.1. The summed E-state index contributed by atoms with van der Waals surface area (Å²) in [7, 11) is 0. The van der Waals surface area contributed by atoms with E-state index in [2.05, 4.69) is 15.6 Å². The maximum atomic E-state index is 12.1. The Balaban J connectivity index is 2.19. The van der Waals surface area contributed by atoms with Crippen LogP contribution < -0.4 is 10.6 Å². The molecule has 1 saturated carbocycles. The van der Waals surface area contributed by atoms with E-state index in [1.165, 1.54) is 32.1 Å². The standard InChI is InChI=1S/C14H26F3N3/c1-2-18-13(20-11-9-14(15,16)17)19-10-5-8-12-6-3-4-7-12/h12H,2-11H2,1H3,(H2,18,19,20). The molecule has 0 spiro atoms. The molecule has 0 heterocycles. The quantitative estimate of drug-likeness (QED) is 0.428. The second-order valence-electron chi connectivity index (χ2n) is 5.35. The number of rotatable bonds is 7. The van der Waals surface area contributed by atoms with Gasteiger partial charge in [0.15, 0.2) is 5.96 Å². The van der Waals surface area contributed by atoms with Crippen molar-refractivity contribution >= 4 is 5.96 Å². The molecular weight excluding hydrogens is 267 g/mol. The van der Waals surface area contributed by atoms with Crippen molar-refractivity contribution in [2.75, 3.05) is 19.6 Å². The van der Waals surface area contributed by atoms with Gasteiger partial charge in [0.25, 0.3) is 0 Å². The Morgan fingerprint density at radius 3 is 2.50 bits per heavy atom. The minimum absolute atomic E-state index is 0.127. The van der Waals surface area contributed by atoms with E-state index in [-0.39, 0.29) is 6.54 Å². The molecule has 1 rings (SSSR count). The van der Waals surface area contributed by atoms with Crippen molar-refractivity contribution in [3.63, 3.8) is 0 Å². The molecule has 0 radical (unpaired) electrons. The Bertz CT molecular complexity index is 284. The average Bonchev–Trinajstić information content (AvgIpc) is 2.86. The van der Waals surface area contributed by atoms with Crippen LogP contribution in [0.3, 0.4) is 0 Å². The van der Waals surface area contributed by atoms with Crippen molar-refractivity contribution in [2.45, 2.75) is 58.0 Å². The lowest BCUT2D eigenvalue weighted by molar-refractivity contribution is -0.132. The zero-order chi connectivity index (χ0) is 14.8. The fourth-order valence-electron chi connectivity index (χ4n) is 2.53. The lowest BCUT2D eigenvalue weighted by Crippen LogP contribution is -2.39. The van der Waals surface area contributed by atoms with E-state index >= 15 is 0 Å². The predicted octanol–water partition coefficient (Wildman–Crippen LogP) is 3.46. The Labute approximate surface area is 119 Å². The number of halogens is 3. The molecule has 20 heavy (non-hydrogen) atoms. The highest BCUT2D eigenvalue weighted by atomic mass is 19.4. The molecule has 118 valence electrons. The number of aliphatic imine (C=N–C) groups is 1. The van der Waals surface area contributed by atoms with E-state index < -0.39 is 12.6 Å². The third-order valence-electron chi connectivity index (χ3n) is 3.56. The monoisotopic (exact) mass is 293 g/mol. The Hall–Kier alpha value is -0.940. The summed E-state index contributed by atoms with van der Waals surface area (Å²) in [6.45, 7) is 3.11. The molecule has 0 saturated heterocycles. The molecule has 0 aromatic rings. The molecule has 1 aliphatic carbocycles. The summed E-state index contributed by atoms with van der Waals surface area (Å²) in [5, 5.41) is 5.69. The normalized spacial score (nSPS) is 17.5. The second-order valence-corrected chi connectivity index (χ2v) is 5.35. The first-order chi connectivity index (χ1) is 9.51. The molecule has 0 aliphatic heterocycles. The molecule has 0 unspecified atom stereocenters. The minimum atomic E-state index is -4.12. The average molecular weight is 293 g/mol. The van der Waals surface area contributed by atoms with Crippen LogP contribution in [-0.4, -0.2) is 31.8 Å². The topological polar surface area (TPSA) is 36.4 Å².